The molecule has 0 spiro atoms. The van der Waals surface area contributed by atoms with E-state index < -0.39 is 36.2 Å². The van der Waals surface area contributed by atoms with Crippen LogP contribution in [0.3, 0.4) is 0 Å². The van der Waals surface area contributed by atoms with E-state index >= 15 is 0 Å². The van der Waals surface area contributed by atoms with Crippen molar-refractivity contribution in [3.05, 3.63) is 181 Å². The maximum atomic E-state index is 11.9. The third-order valence-electron chi connectivity index (χ3n) is 8.04. The molecule has 6 aromatic carbocycles. The first kappa shape index (κ1) is 60.1. The van der Waals surface area contributed by atoms with Crippen LogP contribution in [0.4, 0.5) is 37.1 Å². The smallest absolute Gasteiger partial charge is 0.417 e. The summed E-state index contributed by atoms with van der Waals surface area (Å²) in [7, 11) is 0. The van der Waals surface area contributed by atoms with Crippen molar-refractivity contribution in [3.63, 3.8) is 0 Å². The maximum Gasteiger partial charge on any atom is 0.417 e. The van der Waals surface area contributed by atoms with Gasteiger partial charge < -0.3 is 29.5 Å². The number of nitrogens with one attached hydrogen (secondary N) is 3. The monoisotopic (exact) mass is 1060 g/mol. The van der Waals surface area contributed by atoms with Crippen molar-refractivity contribution >= 4 is 98.1 Å². The van der Waals surface area contributed by atoms with Crippen molar-refractivity contribution in [2.45, 2.75) is 55.4 Å². The molecule has 0 aliphatic heterocycles. The fraction of sp³-hybridized carbons (Fsp3) is 0.157. The zero-order valence-electron chi connectivity index (χ0n) is 39.2. The molecule has 0 unspecified atom stereocenters. The van der Waals surface area contributed by atoms with Gasteiger partial charge in [-0.15, -0.1) is 0 Å². The molecule has 368 valence electrons. The number of benzene rings is 6. The average molecular weight is 1060 g/mol. The molecule has 19 heteroatoms. The Hall–Kier alpha value is -7.91. The Morgan fingerprint density at radius 1 is 0.486 bits per heavy atom. The van der Waals surface area contributed by atoms with Crippen LogP contribution >= 0.6 is 39.1 Å². The van der Waals surface area contributed by atoms with Gasteiger partial charge in [0.15, 0.2) is 5.69 Å². The summed E-state index contributed by atoms with van der Waals surface area (Å²) in [4.78, 5) is 72.4. The summed E-state index contributed by atoms with van der Waals surface area (Å²) >= 11 is 14.8. The van der Waals surface area contributed by atoms with Gasteiger partial charge >= 0.3 is 36.2 Å². The average Bonchev–Trinajstić information content (AvgIpc) is 3.34. The second-order valence-corrected chi connectivity index (χ2v) is 14.4. The summed E-state index contributed by atoms with van der Waals surface area (Å²) in [5.41, 5.74) is 1.15. The number of ether oxygens (including phenoxy) is 3. The second-order valence-electron chi connectivity index (χ2n) is 12.7. The summed E-state index contributed by atoms with van der Waals surface area (Å²) in [6.45, 7) is 22.2. The molecule has 0 bridgehead atoms. The van der Waals surface area contributed by atoms with Gasteiger partial charge in [-0.25, -0.2) is 33.6 Å². The van der Waals surface area contributed by atoms with Crippen molar-refractivity contribution in [1.82, 2.24) is 0 Å². The van der Waals surface area contributed by atoms with Gasteiger partial charge in [0.1, 0.15) is 17.2 Å². The van der Waals surface area contributed by atoms with E-state index in [4.69, 9.17) is 54.2 Å². The Morgan fingerprint density at radius 3 is 1.13 bits per heavy atom. The molecule has 6 aromatic rings. The quantitative estimate of drug-likeness (QED) is 0.0743. The number of para-hydroxylation sites is 3. The van der Waals surface area contributed by atoms with E-state index in [1.807, 2.05) is 41.5 Å². The number of nitrogens with zero attached hydrogens (tertiary/aromatic N) is 1. The van der Waals surface area contributed by atoms with E-state index in [-0.39, 0.29) is 49.5 Å². The predicted molar refractivity (Wildman–Crippen MR) is 276 cm³/mol. The minimum absolute atomic E-state index is 0.0767. The Kier molecular flexibility index (Phi) is 27.4. The molecule has 0 aliphatic rings. The molecule has 6 N–H and O–H groups in total. The number of aryl methyl sites for hydroxylation is 2. The molecule has 0 heterocycles. The van der Waals surface area contributed by atoms with Crippen molar-refractivity contribution in [1.29, 1.82) is 0 Å². The van der Waals surface area contributed by atoms with Crippen LogP contribution in [-0.2, 0) is 0 Å². The highest BCUT2D eigenvalue weighted by Crippen LogP contribution is 2.32. The van der Waals surface area contributed by atoms with Crippen LogP contribution in [0.1, 0.15) is 83.7 Å². The van der Waals surface area contributed by atoms with Gasteiger partial charge in [-0.3, -0.25) is 16.0 Å². The summed E-state index contributed by atoms with van der Waals surface area (Å²) < 4.78 is 15.5. The second kappa shape index (κ2) is 32.0. The third-order valence-corrected chi connectivity index (χ3v) is 9.10. The number of hydrogen-bond donors (Lipinski definition) is 6. The Labute approximate surface area is 424 Å². The number of amides is 3. The first-order valence-corrected chi connectivity index (χ1v) is 22.6. The summed E-state index contributed by atoms with van der Waals surface area (Å²) in [5, 5.41) is 35.3. The molecule has 0 saturated carbocycles. The normalized spacial score (nSPS) is 9.29. The first-order chi connectivity index (χ1) is 33.4. The van der Waals surface area contributed by atoms with Gasteiger partial charge in [0.05, 0.1) is 40.3 Å². The van der Waals surface area contributed by atoms with Gasteiger partial charge in [-0.2, -0.15) is 0 Å². The number of carboxylic acids is 3. The third kappa shape index (κ3) is 20.1. The van der Waals surface area contributed by atoms with Crippen molar-refractivity contribution in [3.8, 4) is 17.2 Å². The number of hydrogen-bond acceptors (Lipinski definition) is 9. The molecule has 16 nitrogen and oxygen atoms in total. The molecular weight excluding hydrogens is 1010 g/mol. The van der Waals surface area contributed by atoms with Crippen molar-refractivity contribution in [2.24, 2.45) is 0 Å². The lowest BCUT2D eigenvalue weighted by molar-refractivity contribution is 0.0687. The van der Waals surface area contributed by atoms with Gasteiger partial charge in [0, 0.05) is 14.5 Å². The topological polar surface area (TPSA) is 231 Å². The fourth-order valence-electron chi connectivity index (χ4n) is 5.28. The molecule has 0 aliphatic carbocycles. The standard InChI is InChI=1S/C16H12N2O4.C15H12ClNO4.C14H9BrClNO4.3C2H6/c1-10-8-11(17-2)9-13(15(19)20)14(10)18-16(21)22-12-6-4-3-5-7-12;1-9-7-10(16)8-12(14(18)19)13(9)17-15(20)21-11-5-3-2-4-6-11;15-11-7-8(16)6-10(13(18)19)12(11)17-14(20)21-9-4-2-1-3-5-9;3*1-2/h3-9H,1H3,(H,18,21)(H,19,20);2-8H,1H3,(H,17,20)(H,18,19);1-7H,(H,17,20)(H,18,19);3*1-2H3. The highest BCUT2D eigenvalue weighted by molar-refractivity contribution is 9.10. The molecule has 3 amide bonds. The minimum Gasteiger partial charge on any atom is -0.478 e. The van der Waals surface area contributed by atoms with E-state index in [0.29, 0.717) is 32.8 Å². The summed E-state index contributed by atoms with van der Waals surface area (Å²) in [6, 6.07) is 33.5. The lowest BCUT2D eigenvalue weighted by Crippen LogP contribution is -2.19. The zero-order chi connectivity index (χ0) is 52.9. The molecule has 0 saturated heterocycles. The lowest BCUT2D eigenvalue weighted by atomic mass is 10.1. The van der Waals surface area contributed by atoms with E-state index in [2.05, 4.69) is 36.7 Å². The molecule has 70 heavy (non-hydrogen) atoms. The number of carbonyl (C=O) groups is 6. The number of carbonyl (C=O) groups excluding carboxylic acids is 3. The van der Waals surface area contributed by atoms with Crippen LogP contribution in [0.25, 0.3) is 4.85 Å². The molecule has 0 aromatic heterocycles. The van der Waals surface area contributed by atoms with Crippen molar-refractivity contribution in [2.75, 3.05) is 16.0 Å². The Morgan fingerprint density at radius 2 is 0.786 bits per heavy atom. The zero-order valence-corrected chi connectivity index (χ0v) is 42.3. The SMILES string of the molecule is CC.CC.CC.Cc1cc(Cl)cc(C(=O)O)c1NC(=O)Oc1ccccc1.O=C(Nc1c(Br)cc(Cl)cc1C(=O)O)Oc1ccccc1.[C-]#[N+]c1cc(C)c(NC(=O)Oc2ccccc2)c(C(=O)O)c1. The molecule has 0 radical (unpaired) electrons. The number of anilines is 3. The highest BCUT2D eigenvalue weighted by Gasteiger charge is 2.20. The predicted octanol–water partition coefficient (Wildman–Crippen LogP) is 15.3. The molecule has 6 rings (SSSR count). The molecule has 0 atom stereocenters. The van der Waals surface area contributed by atoms with E-state index in [1.165, 1.54) is 30.3 Å². The number of rotatable bonds is 9. The first-order valence-electron chi connectivity index (χ1n) is 21.1. The highest BCUT2D eigenvalue weighted by atomic mass is 79.9. The fourth-order valence-corrected chi connectivity index (χ4v) is 6.47. The number of carboxylic acid groups (broad SMARTS) is 3. The number of aromatic carboxylic acids is 3. The van der Waals surface area contributed by atoms with Gasteiger partial charge in [-0.1, -0.05) is 125 Å². The van der Waals surface area contributed by atoms with Crippen LogP contribution in [0.15, 0.2) is 132 Å². The van der Waals surface area contributed by atoms with Gasteiger partial charge in [0.25, 0.3) is 0 Å². The largest absolute Gasteiger partial charge is 0.478 e. The van der Waals surface area contributed by atoms with E-state index in [0.717, 1.165) is 0 Å². The number of halogens is 3. The van der Waals surface area contributed by atoms with Gasteiger partial charge in [0.2, 0.25) is 0 Å². The van der Waals surface area contributed by atoms with Crippen LogP contribution in [-0.4, -0.2) is 51.5 Å². The molecular formula is C51H51BrCl2N4O12. The molecule has 0 fully saturated rings. The lowest BCUT2D eigenvalue weighted by Gasteiger charge is -2.12. The maximum absolute atomic E-state index is 11.9. The van der Waals surface area contributed by atoms with E-state index in [9.17, 15) is 33.9 Å². The van der Waals surface area contributed by atoms with Gasteiger partial charge in [-0.05, 0) is 108 Å². The van der Waals surface area contributed by atoms with Crippen LogP contribution in [0.2, 0.25) is 10.0 Å². The minimum atomic E-state index is -1.23. The van der Waals surface area contributed by atoms with E-state index in [1.54, 1.807) is 111 Å². The summed E-state index contributed by atoms with van der Waals surface area (Å²) in [6.07, 6.45) is -2.37. The van der Waals surface area contributed by atoms with Crippen LogP contribution < -0.4 is 30.2 Å². The van der Waals surface area contributed by atoms with Crippen molar-refractivity contribution < 1.29 is 58.3 Å². The Bertz CT molecular complexity index is 2620. The Balaban J connectivity index is 0.000000497. The van der Waals surface area contributed by atoms with Crippen LogP contribution in [0.5, 0.6) is 17.2 Å². The summed E-state index contributed by atoms with van der Waals surface area (Å²) in [5.74, 6) is -2.59. The van der Waals surface area contributed by atoms with Crippen LogP contribution in [0, 0.1) is 20.4 Å².